The minimum atomic E-state index is 0.285. The van der Waals surface area contributed by atoms with Gasteiger partial charge in [0.25, 0.3) is 0 Å². The summed E-state index contributed by atoms with van der Waals surface area (Å²) in [6, 6.07) is 0. The highest BCUT2D eigenvalue weighted by Gasteiger charge is 2.23. The van der Waals surface area contributed by atoms with E-state index in [2.05, 4.69) is 27.5 Å². The SMILES string of the molecule is CC1CCc2c(sc3nc(Cl)nc(NCCCNC=O)c23)C1. The van der Waals surface area contributed by atoms with Crippen LogP contribution in [0.1, 0.15) is 30.2 Å². The molecule has 2 aromatic heterocycles. The molecule has 1 atom stereocenters. The highest BCUT2D eigenvalue weighted by Crippen LogP contribution is 2.40. The van der Waals surface area contributed by atoms with Gasteiger partial charge in [0.05, 0.1) is 5.39 Å². The molecular formula is C15H19ClN4OS. The fraction of sp³-hybridized carbons (Fsp3) is 0.533. The molecule has 22 heavy (non-hydrogen) atoms. The number of nitrogens with zero attached hydrogens (tertiary/aromatic N) is 2. The Morgan fingerprint density at radius 1 is 1.41 bits per heavy atom. The first-order valence-electron chi connectivity index (χ1n) is 7.57. The van der Waals surface area contributed by atoms with Crippen LogP contribution in [0.4, 0.5) is 5.82 Å². The van der Waals surface area contributed by atoms with Gasteiger partial charge in [0.2, 0.25) is 11.7 Å². The van der Waals surface area contributed by atoms with Gasteiger partial charge in [-0.25, -0.2) is 9.97 Å². The molecular weight excluding hydrogens is 320 g/mol. The molecule has 5 nitrogen and oxygen atoms in total. The number of hydrogen-bond acceptors (Lipinski definition) is 5. The number of halogens is 1. The topological polar surface area (TPSA) is 66.9 Å². The Morgan fingerprint density at radius 2 is 2.27 bits per heavy atom. The van der Waals surface area contributed by atoms with E-state index in [-0.39, 0.29) is 5.28 Å². The highest BCUT2D eigenvalue weighted by molar-refractivity contribution is 7.19. The lowest BCUT2D eigenvalue weighted by molar-refractivity contribution is -0.109. The van der Waals surface area contributed by atoms with Crippen molar-refractivity contribution in [1.82, 2.24) is 15.3 Å². The number of carbonyl (C=O) groups excluding carboxylic acids is 1. The molecule has 0 bridgehead atoms. The van der Waals surface area contributed by atoms with Crippen LogP contribution in [0.2, 0.25) is 5.28 Å². The molecule has 2 N–H and O–H groups in total. The zero-order valence-electron chi connectivity index (χ0n) is 12.5. The van der Waals surface area contributed by atoms with Crippen molar-refractivity contribution in [2.75, 3.05) is 18.4 Å². The molecule has 118 valence electrons. The van der Waals surface area contributed by atoms with Gasteiger partial charge in [-0.1, -0.05) is 6.92 Å². The average Bonchev–Trinajstić information content (AvgIpc) is 2.83. The van der Waals surface area contributed by atoms with Crippen LogP contribution in [0.3, 0.4) is 0 Å². The van der Waals surface area contributed by atoms with E-state index in [0.717, 1.165) is 54.2 Å². The van der Waals surface area contributed by atoms with Crippen molar-refractivity contribution in [2.45, 2.75) is 32.6 Å². The summed E-state index contributed by atoms with van der Waals surface area (Å²) >= 11 is 7.81. The Hall–Kier alpha value is -1.40. The second-order valence-corrected chi connectivity index (χ2v) is 7.15. The molecule has 0 aliphatic heterocycles. The number of thiophene rings is 1. The van der Waals surface area contributed by atoms with Crippen LogP contribution in [0.25, 0.3) is 10.2 Å². The molecule has 0 aromatic carbocycles. The second kappa shape index (κ2) is 6.79. The highest BCUT2D eigenvalue weighted by atomic mass is 35.5. The summed E-state index contributed by atoms with van der Waals surface area (Å²) in [4.78, 5) is 21.4. The maximum Gasteiger partial charge on any atom is 0.225 e. The summed E-state index contributed by atoms with van der Waals surface area (Å²) in [5.74, 6) is 1.56. The average molecular weight is 339 g/mol. The van der Waals surface area contributed by atoms with Crippen molar-refractivity contribution in [3.63, 3.8) is 0 Å². The molecule has 0 radical (unpaired) electrons. The summed E-state index contributed by atoms with van der Waals surface area (Å²) in [7, 11) is 0. The predicted octanol–water partition coefficient (Wildman–Crippen LogP) is 3.02. The zero-order valence-corrected chi connectivity index (χ0v) is 14.1. The molecule has 2 aromatic rings. The van der Waals surface area contributed by atoms with Crippen LogP contribution in [0.5, 0.6) is 0 Å². The molecule has 3 rings (SSSR count). The number of nitrogens with one attached hydrogen (secondary N) is 2. The van der Waals surface area contributed by atoms with E-state index in [9.17, 15) is 4.79 Å². The van der Waals surface area contributed by atoms with Crippen LogP contribution in [-0.4, -0.2) is 29.5 Å². The monoisotopic (exact) mass is 338 g/mol. The van der Waals surface area contributed by atoms with Gasteiger partial charge < -0.3 is 10.6 Å². The van der Waals surface area contributed by atoms with Gasteiger partial charge in [-0.05, 0) is 48.8 Å². The van der Waals surface area contributed by atoms with Crippen molar-refractivity contribution in [3.8, 4) is 0 Å². The number of aromatic nitrogens is 2. The Morgan fingerprint density at radius 3 is 3.09 bits per heavy atom. The van der Waals surface area contributed by atoms with Crippen molar-refractivity contribution in [2.24, 2.45) is 5.92 Å². The van der Waals surface area contributed by atoms with E-state index in [1.807, 2.05) is 0 Å². The number of fused-ring (bicyclic) bond motifs is 3. The summed E-state index contributed by atoms with van der Waals surface area (Å²) < 4.78 is 0. The van der Waals surface area contributed by atoms with Crippen molar-refractivity contribution >= 4 is 45.4 Å². The number of carbonyl (C=O) groups is 1. The van der Waals surface area contributed by atoms with E-state index < -0.39 is 0 Å². The third kappa shape index (κ3) is 3.17. The number of anilines is 1. The molecule has 0 saturated carbocycles. The minimum absolute atomic E-state index is 0.285. The standard InChI is InChI=1S/C15H19ClN4OS/c1-9-3-4-10-11(7-9)22-14-12(10)13(19-15(16)20-14)18-6-2-5-17-8-21/h8-9H,2-7H2,1H3,(H,17,21)(H,18,19,20). The number of rotatable bonds is 6. The largest absolute Gasteiger partial charge is 0.369 e. The lowest BCUT2D eigenvalue weighted by atomic mass is 9.89. The van der Waals surface area contributed by atoms with Crippen LogP contribution in [-0.2, 0) is 17.6 Å². The molecule has 0 fully saturated rings. The van der Waals surface area contributed by atoms with Crippen LogP contribution in [0, 0.1) is 5.92 Å². The van der Waals surface area contributed by atoms with Gasteiger partial charge in [0, 0.05) is 18.0 Å². The van der Waals surface area contributed by atoms with E-state index in [1.54, 1.807) is 11.3 Å². The molecule has 1 aliphatic rings. The summed E-state index contributed by atoms with van der Waals surface area (Å²) in [5.41, 5.74) is 1.39. The Bertz CT molecular complexity index is 688. The molecule has 1 aliphatic carbocycles. The van der Waals surface area contributed by atoms with E-state index in [4.69, 9.17) is 11.6 Å². The van der Waals surface area contributed by atoms with Crippen LogP contribution < -0.4 is 10.6 Å². The van der Waals surface area contributed by atoms with Crippen molar-refractivity contribution in [3.05, 3.63) is 15.7 Å². The maximum atomic E-state index is 10.2. The molecule has 0 saturated heterocycles. The molecule has 2 heterocycles. The lowest BCUT2D eigenvalue weighted by Crippen LogP contribution is -2.16. The zero-order chi connectivity index (χ0) is 15.5. The first kappa shape index (κ1) is 15.5. The first-order chi connectivity index (χ1) is 10.7. The van der Waals surface area contributed by atoms with Gasteiger partial charge in [0.15, 0.2) is 0 Å². The summed E-state index contributed by atoms with van der Waals surface area (Å²) in [5, 5.41) is 7.43. The van der Waals surface area contributed by atoms with E-state index in [1.165, 1.54) is 16.9 Å². The van der Waals surface area contributed by atoms with Gasteiger partial charge in [0.1, 0.15) is 10.6 Å². The Balaban J connectivity index is 1.86. The fourth-order valence-electron chi connectivity index (χ4n) is 2.90. The predicted molar refractivity (Wildman–Crippen MR) is 90.8 cm³/mol. The van der Waals surface area contributed by atoms with E-state index in [0.29, 0.717) is 6.54 Å². The van der Waals surface area contributed by atoms with Gasteiger partial charge >= 0.3 is 0 Å². The van der Waals surface area contributed by atoms with Gasteiger partial charge in [-0.2, -0.15) is 0 Å². The number of aryl methyl sites for hydroxylation is 1. The van der Waals surface area contributed by atoms with Gasteiger partial charge in [-0.15, -0.1) is 11.3 Å². The van der Waals surface area contributed by atoms with Gasteiger partial charge in [-0.3, -0.25) is 4.79 Å². The maximum absolute atomic E-state index is 10.2. The minimum Gasteiger partial charge on any atom is -0.369 e. The summed E-state index contributed by atoms with van der Waals surface area (Å²) in [6.45, 7) is 3.69. The second-order valence-electron chi connectivity index (χ2n) is 5.73. The number of amides is 1. The summed E-state index contributed by atoms with van der Waals surface area (Å²) in [6.07, 6.45) is 4.98. The molecule has 1 amide bonds. The Labute approximate surface area is 138 Å². The van der Waals surface area contributed by atoms with Crippen LogP contribution >= 0.6 is 22.9 Å². The van der Waals surface area contributed by atoms with E-state index >= 15 is 0 Å². The lowest BCUT2D eigenvalue weighted by Gasteiger charge is -2.18. The molecule has 1 unspecified atom stereocenters. The van der Waals surface area contributed by atoms with Crippen LogP contribution in [0.15, 0.2) is 0 Å². The number of hydrogen-bond donors (Lipinski definition) is 2. The molecule has 7 heteroatoms. The third-order valence-electron chi connectivity index (χ3n) is 4.00. The Kier molecular flexibility index (Phi) is 4.78. The third-order valence-corrected chi connectivity index (χ3v) is 5.32. The smallest absolute Gasteiger partial charge is 0.225 e. The van der Waals surface area contributed by atoms with Crippen molar-refractivity contribution in [1.29, 1.82) is 0 Å². The normalized spacial score (nSPS) is 17.3. The quantitative estimate of drug-likeness (QED) is 0.482. The fourth-order valence-corrected chi connectivity index (χ4v) is 4.50. The molecule has 0 spiro atoms. The first-order valence-corrected chi connectivity index (χ1v) is 8.77. The van der Waals surface area contributed by atoms with Crippen molar-refractivity contribution < 1.29 is 4.79 Å².